The second-order valence-corrected chi connectivity index (χ2v) is 5.71. The van der Waals surface area contributed by atoms with Crippen LogP contribution in [0.2, 0.25) is 0 Å². The number of aryl methyl sites for hydroxylation is 1. The summed E-state index contributed by atoms with van der Waals surface area (Å²) in [6.45, 7) is 9.30. The Morgan fingerprint density at radius 2 is 1.83 bits per heavy atom. The molecule has 18 heavy (non-hydrogen) atoms. The third-order valence-electron chi connectivity index (χ3n) is 2.78. The normalized spacial score (nSPS) is 11.8. The van der Waals surface area contributed by atoms with E-state index >= 15 is 0 Å². The SMILES string of the molecule is Cc1ccc(-c2cnc(CNC(C)(C)C)[nH]2)cc1. The maximum atomic E-state index is 4.40. The summed E-state index contributed by atoms with van der Waals surface area (Å²) < 4.78 is 0. The molecule has 0 saturated carbocycles. The molecule has 0 aliphatic heterocycles. The van der Waals surface area contributed by atoms with E-state index in [1.165, 1.54) is 11.1 Å². The maximum absolute atomic E-state index is 4.40. The van der Waals surface area contributed by atoms with Crippen LogP contribution in [0.5, 0.6) is 0 Å². The van der Waals surface area contributed by atoms with E-state index in [9.17, 15) is 0 Å². The van der Waals surface area contributed by atoms with Crippen LogP contribution in [-0.4, -0.2) is 15.5 Å². The van der Waals surface area contributed by atoms with Crippen LogP contribution in [0, 0.1) is 6.92 Å². The van der Waals surface area contributed by atoms with E-state index in [2.05, 4.69) is 67.2 Å². The predicted octanol–water partition coefficient (Wildman–Crippen LogP) is 3.27. The summed E-state index contributed by atoms with van der Waals surface area (Å²) in [4.78, 5) is 7.75. The summed E-state index contributed by atoms with van der Waals surface area (Å²) in [5, 5.41) is 3.42. The van der Waals surface area contributed by atoms with E-state index < -0.39 is 0 Å². The van der Waals surface area contributed by atoms with Gasteiger partial charge in [-0.2, -0.15) is 0 Å². The van der Waals surface area contributed by atoms with Crippen molar-refractivity contribution in [2.75, 3.05) is 0 Å². The summed E-state index contributed by atoms with van der Waals surface area (Å²) in [6, 6.07) is 8.46. The summed E-state index contributed by atoms with van der Waals surface area (Å²) in [5.41, 5.74) is 3.63. The van der Waals surface area contributed by atoms with E-state index in [1.54, 1.807) is 0 Å². The summed E-state index contributed by atoms with van der Waals surface area (Å²) in [6.07, 6.45) is 1.89. The van der Waals surface area contributed by atoms with Crippen molar-refractivity contribution in [1.82, 2.24) is 15.3 Å². The van der Waals surface area contributed by atoms with Gasteiger partial charge in [0.1, 0.15) is 5.82 Å². The number of hydrogen-bond donors (Lipinski definition) is 2. The molecule has 3 heteroatoms. The van der Waals surface area contributed by atoms with Gasteiger partial charge in [0.2, 0.25) is 0 Å². The third-order valence-corrected chi connectivity index (χ3v) is 2.78. The number of nitrogens with zero attached hydrogens (tertiary/aromatic N) is 1. The van der Waals surface area contributed by atoms with Crippen LogP contribution in [0.3, 0.4) is 0 Å². The number of hydrogen-bond acceptors (Lipinski definition) is 2. The van der Waals surface area contributed by atoms with Gasteiger partial charge in [-0.05, 0) is 33.3 Å². The summed E-state index contributed by atoms with van der Waals surface area (Å²) in [5.74, 6) is 0.973. The molecule has 0 saturated heterocycles. The monoisotopic (exact) mass is 243 g/mol. The van der Waals surface area contributed by atoms with Crippen molar-refractivity contribution < 1.29 is 0 Å². The van der Waals surface area contributed by atoms with Crippen molar-refractivity contribution >= 4 is 0 Å². The molecule has 0 bridgehead atoms. The fourth-order valence-electron chi connectivity index (χ4n) is 1.68. The molecule has 1 aromatic carbocycles. The Morgan fingerprint density at radius 3 is 2.44 bits per heavy atom. The number of aromatic amines is 1. The van der Waals surface area contributed by atoms with E-state index in [-0.39, 0.29) is 5.54 Å². The summed E-state index contributed by atoms with van der Waals surface area (Å²) >= 11 is 0. The molecule has 0 spiro atoms. The smallest absolute Gasteiger partial charge is 0.120 e. The van der Waals surface area contributed by atoms with Crippen molar-refractivity contribution in [2.24, 2.45) is 0 Å². The van der Waals surface area contributed by atoms with Crippen LogP contribution in [0.1, 0.15) is 32.2 Å². The van der Waals surface area contributed by atoms with Gasteiger partial charge in [0.05, 0.1) is 18.4 Å². The number of nitrogens with one attached hydrogen (secondary N) is 2. The largest absolute Gasteiger partial charge is 0.341 e. The van der Waals surface area contributed by atoms with E-state index in [4.69, 9.17) is 0 Å². The molecule has 2 rings (SSSR count). The Kier molecular flexibility index (Phi) is 3.53. The van der Waals surface area contributed by atoms with E-state index in [0.717, 1.165) is 18.1 Å². The van der Waals surface area contributed by atoms with Crippen molar-refractivity contribution in [3.8, 4) is 11.3 Å². The van der Waals surface area contributed by atoms with Gasteiger partial charge in [0.25, 0.3) is 0 Å². The molecule has 0 amide bonds. The first-order chi connectivity index (χ1) is 8.44. The molecule has 0 unspecified atom stereocenters. The van der Waals surface area contributed by atoms with E-state index in [0.29, 0.717) is 0 Å². The van der Waals surface area contributed by atoms with Gasteiger partial charge in [0, 0.05) is 5.54 Å². The lowest BCUT2D eigenvalue weighted by Crippen LogP contribution is -2.35. The van der Waals surface area contributed by atoms with Crippen LogP contribution in [0.4, 0.5) is 0 Å². The second-order valence-electron chi connectivity index (χ2n) is 5.71. The number of benzene rings is 1. The first kappa shape index (κ1) is 12.8. The van der Waals surface area contributed by atoms with Crippen LogP contribution >= 0.6 is 0 Å². The number of aromatic nitrogens is 2. The van der Waals surface area contributed by atoms with Crippen molar-refractivity contribution in [3.05, 3.63) is 41.9 Å². The van der Waals surface area contributed by atoms with Crippen molar-refractivity contribution in [2.45, 2.75) is 39.8 Å². The quantitative estimate of drug-likeness (QED) is 0.868. The molecule has 2 N–H and O–H groups in total. The number of rotatable bonds is 3. The lowest BCUT2D eigenvalue weighted by Gasteiger charge is -2.19. The van der Waals surface area contributed by atoms with Crippen molar-refractivity contribution in [1.29, 1.82) is 0 Å². The van der Waals surface area contributed by atoms with Crippen LogP contribution in [0.15, 0.2) is 30.5 Å². The zero-order valence-electron chi connectivity index (χ0n) is 11.5. The van der Waals surface area contributed by atoms with Crippen LogP contribution < -0.4 is 5.32 Å². The second kappa shape index (κ2) is 4.94. The first-order valence-electron chi connectivity index (χ1n) is 6.30. The van der Waals surface area contributed by atoms with Gasteiger partial charge in [-0.3, -0.25) is 0 Å². The Hall–Kier alpha value is -1.61. The predicted molar refractivity (Wildman–Crippen MR) is 75.4 cm³/mol. The molecule has 0 radical (unpaired) electrons. The fraction of sp³-hybridized carbons (Fsp3) is 0.400. The zero-order valence-corrected chi connectivity index (χ0v) is 11.5. The van der Waals surface area contributed by atoms with Gasteiger partial charge in [-0.15, -0.1) is 0 Å². The average Bonchev–Trinajstić information content (AvgIpc) is 2.75. The van der Waals surface area contributed by atoms with Gasteiger partial charge < -0.3 is 10.3 Å². The fourth-order valence-corrected chi connectivity index (χ4v) is 1.68. The Balaban J connectivity index is 2.08. The molecule has 0 fully saturated rings. The molecule has 3 nitrogen and oxygen atoms in total. The van der Waals surface area contributed by atoms with Crippen LogP contribution in [0.25, 0.3) is 11.3 Å². The number of H-pyrrole nitrogens is 1. The molecule has 0 aliphatic carbocycles. The molecular formula is C15H21N3. The lowest BCUT2D eigenvalue weighted by atomic mass is 10.1. The maximum Gasteiger partial charge on any atom is 0.120 e. The van der Waals surface area contributed by atoms with Gasteiger partial charge in [-0.25, -0.2) is 4.98 Å². The lowest BCUT2D eigenvalue weighted by molar-refractivity contribution is 0.418. The molecule has 96 valence electrons. The number of imidazole rings is 1. The van der Waals surface area contributed by atoms with Gasteiger partial charge in [0.15, 0.2) is 0 Å². The van der Waals surface area contributed by atoms with Crippen molar-refractivity contribution in [3.63, 3.8) is 0 Å². The molecule has 2 aromatic rings. The molecular weight excluding hydrogens is 222 g/mol. The molecule has 1 aromatic heterocycles. The van der Waals surface area contributed by atoms with Crippen LogP contribution in [-0.2, 0) is 6.54 Å². The molecule has 0 atom stereocenters. The highest BCUT2D eigenvalue weighted by atomic mass is 15.0. The van der Waals surface area contributed by atoms with E-state index in [1.807, 2.05) is 6.20 Å². The Labute approximate surface area is 109 Å². The minimum atomic E-state index is 0.108. The molecule has 1 heterocycles. The Morgan fingerprint density at radius 1 is 1.17 bits per heavy atom. The van der Waals surface area contributed by atoms with Gasteiger partial charge >= 0.3 is 0 Å². The average molecular weight is 243 g/mol. The standard InChI is InChI=1S/C15H21N3/c1-11-5-7-12(8-6-11)13-9-16-14(18-13)10-17-15(2,3)4/h5-9,17H,10H2,1-4H3,(H,16,18). The highest BCUT2D eigenvalue weighted by Gasteiger charge is 2.10. The summed E-state index contributed by atoms with van der Waals surface area (Å²) in [7, 11) is 0. The minimum Gasteiger partial charge on any atom is -0.341 e. The Bertz CT molecular complexity index is 503. The van der Waals surface area contributed by atoms with Gasteiger partial charge in [-0.1, -0.05) is 29.8 Å². The topological polar surface area (TPSA) is 40.7 Å². The highest BCUT2D eigenvalue weighted by Crippen LogP contribution is 2.17. The third kappa shape index (κ3) is 3.44. The minimum absolute atomic E-state index is 0.108. The molecule has 0 aliphatic rings. The zero-order chi connectivity index (χ0) is 13.2. The highest BCUT2D eigenvalue weighted by molar-refractivity contribution is 5.58. The first-order valence-corrected chi connectivity index (χ1v) is 6.30.